The first kappa shape index (κ1) is 38.3. The molecular formula is H7AlCaFeMgMn. The van der Waals surface area contributed by atoms with E-state index in [2.05, 4.69) is 0 Å². The van der Waals surface area contributed by atoms with E-state index in [9.17, 15) is 0 Å². The fourth-order valence-corrected chi connectivity index (χ4v) is 0. The third-order valence-electron chi connectivity index (χ3n) is 0. The van der Waals surface area contributed by atoms with Crippen LogP contribution in [0.15, 0.2) is 0 Å². The Hall–Kier alpha value is 3.60. The van der Waals surface area contributed by atoms with Gasteiger partial charge in [-0.05, 0) is 0 Å². The van der Waals surface area contributed by atoms with Crippen molar-refractivity contribution in [3.05, 3.63) is 0 Å². The van der Waals surface area contributed by atoms with Crippen molar-refractivity contribution in [3.63, 3.8) is 0 Å². The maximum absolute atomic E-state index is 0. The second kappa shape index (κ2) is 25.6. The monoisotopic (exact) mass is 209 g/mol. The normalized spacial score (nSPS) is 0. The molecule has 0 atom stereocenters. The van der Waals surface area contributed by atoms with Crippen LogP contribution in [-0.2, 0) is 34.1 Å². The largest absolute Gasteiger partial charge is 0.316 e. The summed E-state index contributed by atoms with van der Waals surface area (Å²) in [5, 5.41) is 0. The molecule has 0 heterocycles. The Balaban J connectivity index is 0. The summed E-state index contributed by atoms with van der Waals surface area (Å²) in [6.07, 6.45) is 0. The van der Waals surface area contributed by atoms with Crippen molar-refractivity contribution >= 4 is 78.2 Å². The van der Waals surface area contributed by atoms with Crippen molar-refractivity contribution in [2.75, 3.05) is 0 Å². The van der Waals surface area contributed by atoms with E-state index in [0.717, 1.165) is 0 Å². The van der Waals surface area contributed by atoms with Crippen molar-refractivity contribution in [1.82, 2.24) is 0 Å². The summed E-state index contributed by atoms with van der Waals surface area (Å²) < 4.78 is 0. The van der Waals surface area contributed by atoms with E-state index < -0.39 is 0 Å². The Morgan fingerprint density at radius 2 is 1.00 bits per heavy atom. The van der Waals surface area contributed by atoms with Crippen LogP contribution < -0.4 is 0 Å². The Morgan fingerprint density at radius 3 is 1.00 bits per heavy atom. The average molecular weight is 209 g/mol. The van der Waals surface area contributed by atoms with Gasteiger partial charge in [0.15, 0.2) is 17.4 Å². The van der Waals surface area contributed by atoms with E-state index in [1.807, 2.05) is 0 Å². The van der Waals surface area contributed by atoms with Gasteiger partial charge in [-0.1, -0.05) is 0 Å². The molecule has 0 nitrogen and oxygen atoms in total. The molecule has 1 radical (unpaired) electrons. The van der Waals surface area contributed by atoms with E-state index in [0.29, 0.717) is 0 Å². The van der Waals surface area contributed by atoms with Gasteiger partial charge in [-0.2, -0.15) is 0 Å². The molecule has 0 aromatic heterocycles. The summed E-state index contributed by atoms with van der Waals surface area (Å²) in [6, 6.07) is 0. The average Bonchev–Trinajstić information content (AvgIpc) is 0. The van der Waals surface area contributed by atoms with Crippen molar-refractivity contribution in [1.29, 1.82) is 0 Å². The van der Waals surface area contributed by atoms with Crippen LogP contribution in [0.3, 0.4) is 0 Å². The van der Waals surface area contributed by atoms with Crippen LogP contribution in [0.4, 0.5) is 0 Å². The summed E-state index contributed by atoms with van der Waals surface area (Å²) in [5.41, 5.74) is 0. The smallest absolute Gasteiger partial charge is 0 e. The summed E-state index contributed by atoms with van der Waals surface area (Å²) >= 11 is 0. The maximum atomic E-state index is 0. The zero-order valence-electron chi connectivity index (χ0n) is 0.732. The molecule has 0 amide bonds. The topological polar surface area (TPSA) is 0 Å². The molecule has 0 N–H and O–H groups in total. The van der Waals surface area contributed by atoms with Crippen molar-refractivity contribution in [3.8, 4) is 0 Å². The van der Waals surface area contributed by atoms with E-state index in [-0.39, 0.29) is 112 Å². The second-order valence-electron chi connectivity index (χ2n) is 0. The summed E-state index contributed by atoms with van der Waals surface area (Å²) in [6.45, 7) is 0. The van der Waals surface area contributed by atoms with Gasteiger partial charge in [0.05, 0.1) is 0 Å². The van der Waals surface area contributed by atoms with Gasteiger partial charge in [-0.15, -0.1) is 0 Å². The molecule has 0 rings (SSSR count). The first-order valence-electron chi connectivity index (χ1n) is 0. The molecular weight excluding hydrogens is 202 g/mol. The van der Waals surface area contributed by atoms with Crippen LogP contribution in [0.1, 0.15) is 0 Å². The molecule has 0 unspecified atom stereocenters. The van der Waals surface area contributed by atoms with Gasteiger partial charge >= 0.3 is 60.8 Å². The predicted molar refractivity (Wildman–Crippen MR) is 27.0 cm³/mol. The van der Waals surface area contributed by atoms with E-state index in [4.69, 9.17) is 0 Å². The molecule has 0 aliphatic heterocycles. The van der Waals surface area contributed by atoms with Gasteiger partial charge in [0, 0.05) is 34.1 Å². The first-order chi connectivity index (χ1) is 0. The van der Waals surface area contributed by atoms with Crippen LogP contribution in [0, 0.1) is 0 Å². The molecule has 0 saturated carbocycles. The van der Waals surface area contributed by atoms with Gasteiger partial charge < -0.3 is 0 Å². The fourth-order valence-electron chi connectivity index (χ4n) is 0. The number of rotatable bonds is 0. The second-order valence-corrected chi connectivity index (χ2v) is 0. The molecule has 0 aromatic carbocycles. The molecule has 5 heavy (non-hydrogen) atoms. The minimum Gasteiger partial charge on any atom is 0 e. The first-order valence-corrected chi connectivity index (χ1v) is 0. The summed E-state index contributed by atoms with van der Waals surface area (Å²) in [7, 11) is 0. The SMILES string of the molecule is [AlH3].[CaH2].[Fe].[MgH2].[Mn]. The molecule has 0 aliphatic carbocycles. The van der Waals surface area contributed by atoms with E-state index in [1.165, 1.54) is 0 Å². The van der Waals surface area contributed by atoms with Crippen molar-refractivity contribution in [2.24, 2.45) is 0 Å². The van der Waals surface area contributed by atoms with Crippen LogP contribution in [-0.4, -0.2) is 78.2 Å². The van der Waals surface area contributed by atoms with E-state index in [1.54, 1.807) is 0 Å². The molecule has 29 valence electrons. The Morgan fingerprint density at radius 1 is 1.00 bits per heavy atom. The third kappa shape index (κ3) is 18.4. The Kier molecular flexibility index (Phi) is 196. The van der Waals surface area contributed by atoms with Gasteiger partial charge in [0.2, 0.25) is 0 Å². The summed E-state index contributed by atoms with van der Waals surface area (Å²) in [5.74, 6) is 0. The van der Waals surface area contributed by atoms with Gasteiger partial charge in [0.25, 0.3) is 0 Å². The van der Waals surface area contributed by atoms with E-state index >= 15 is 0 Å². The zero-order chi connectivity index (χ0) is 0. The van der Waals surface area contributed by atoms with Crippen LogP contribution >= 0.6 is 0 Å². The molecule has 0 saturated heterocycles. The predicted octanol–water partition coefficient (Wildman–Crippen LogP) is -3.02. The Bertz CT molecular complexity index is 11.6. The summed E-state index contributed by atoms with van der Waals surface area (Å²) in [4.78, 5) is 0. The number of hydrogen-bond acceptors (Lipinski definition) is 0. The molecule has 5 heteroatoms. The maximum Gasteiger partial charge on any atom is 0.316 e. The Labute approximate surface area is 110 Å². The van der Waals surface area contributed by atoms with Crippen LogP contribution in [0.2, 0.25) is 0 Å². The van der Waals surface area contributed by atoms with Crippen molar-refractivity contribution in [2.45, 2.75) is 0 Å². The van der Waals surface area contributed by atoms with Gasteiger partial charge in [-0.3, -0.25) is 0 Å². The number of hydrogen-bond donors (Lipinski definition) is 0. The van der Waals surface area contributed by atoms with Crippen molar-refractivity contribution < 1.29 is 34.1 Å². The molecule has 0 aromatic rings. The van der Waals surface area contributed by atoms with Crippen LogP contribution in [0.25, 0.3) is 0 Å². The molecule has 0 fully saturated rings. The molecule has 0 aliphatic rings. The standard InChI is InChI=1S/Al.Ca.Fe.Mg.Mn.7H. The zero-order valence-corrected chi connectivity index (χ0v) is 3.02. The minimum atomic E-state index is 0. The molecule has 0 bridgehead atoms. The third-order valence-corrected chi connectivity index (χ3v) is 0. The quantitative estimate of drug-likeness (QED) is 0.373. The molecule has 0 spiro atoms. The van der Waals surface area contributed by atoms with Gasteiger partial charge in [-0.25, -0.2) is 0 Å². The van der Waals surface area contributed by atoms with Crippen LogP contribution in [0.5, 0.6) is 0 Å². The van der Waals surface area contributed by atoms with Gasteiger partial charge in [0.1, 0.15) is 0 Å². The minimum absolute atomic E-state index is 0. The fraction of sp³-hybridized carbons (Fsp3) is 0.